The molecule has 0 spiro atoms. The molecule has 0 bridgehead atoms. The summed E-state index contributed by atoms with van der Waals surface area (Å²) in [6, 6.07) is 0. The van der Waals surface area contributed by atoms with Gasteiger partial charge in [-0.1, -0.05) is 6.08 Å². The third-order valence-electron chi connectivity index (χ3n) is 1.97. The molecule has 0 aromatic carbocycles. The number of thiocarbonyl (C=S) groups is 1. The Morgan fingerprint density at radius 2 is 2.27 bits per heavy atom. The lowest BCUT2D eigenvalue weighted by atomic mass is 10.0. The summed E-state index contributed by atoms with van der Waals surface area (Å²) in [6.45, 7) is 4.84. The van der Waals surface area contributed by atoms with Gasteiger partial charge in [0, 0.05) is 6.54 Å². The molecule has 6 heteroatoms. The smallest absolute Gasteiger partial charge is 0.249 e. The van der Waals surface area contributed by atoms with Crippen LogP contribution in [0.3, 0.4) is 0 Å². The van der Waals surface area contributed by atoms with Crippen molar-refractivity contribution in [2.45, 2.75) is 6.92 Å². The summed E-state index contributed by atoms with van der Waals surface area (Å²) in [6.07, 6.45) is 1.47. The number of hydrogen-bond acceptors (Lipinski definition) is 4. The molecule has 0 aromatic heterocycles. The molecule has 1 fully saturated rings. The third kappa shape index (κ3) is 2.10. The molecule has 2 amide bonds. The average Bonchev–Trinajstić information content (AvgIpc) is 2.11. The fraction of sp³-hybridized carbons (Fsp3) is 0.333. The number of amides is 2. The summed E-state index contributed by atoms with van der Waals surface area (Å²) in [4.78, 5) is 35.2. The molecule has 80 valence electrons. The van der Waals surface area contributed by atoms with Crippen LogP contribution in [0.25, 0.3) is 0 Å². The Hall–Kier alpha value is -1.56. The zero-order valence-electron chi connectivity index (χ0n) is 8.15. The highest BCUT2D eigenvalue weighted by Crippen LogP contribution is 2.11. The van der Waals surface area contributed by atoms with Gasteiger partial charge in [0.25, 0.3) is 0 Å². The second-order valence-corrected chi connectivity index (χ2v) is 3.46. The quantitative estimate of drug-likeness (QED) is 0.405. The second-order valence-electron chi connectivity index (χ2n) is 3.08. The number of hydrogen-bond donors (Lipinski definition) is 1. The molecule has 15 heavy (non-hydrogen) atoms. The van der Waals surface area contributed by atoms with E-state index in [0.717, 1.165) is 4.90 Å². The van der Waals surface area contributed by atoms with Crippen LogP contribution in [0, 0.1) is 5.92 Å². The topological polar surface area (TPSA) is 66.5 Å². The minimum Gasteiger partial charge on any atom is -0.302 e. The second kappa shape index (κ2) is 4.31. The fourth-order valence-electron chi connectivity index (χ4n) is 1.27. The fourth-order valence-corrected chi connectivity index (χ4v) is 1.54. The Morgan fingerprint density at radius 3 is 2.73 bits per heavy atom. The van der Waals surface area contributed by atoms with E-state index in [9.17, 15) is 14.4 Å². The van der Waals surface area contributed by atoms with Gasteiger partial charge in [0.2, 0.25) is 11.8 Å². The Kier molecular flexibility index (Phi) is 3.31. The van der Waals surface area contributed by atoms with Gasteiger partial charge in [-0.15, -0.1) is 6.58 Å². The van der Waals surface area contributed by atoms with E-state index in [1.807, 2.05) is 0 Å². The lowest BCUT2D eigenvalue weighted by Crippen LogP contribution is -2.59. The van der Waals surface area contributed by atoms with E-state index in [4.69, 9.17) is 12.2 Å². The van der Waals surface area contributed by atoms with Crippen molar-refractivity contribution in [3.63, 3.8) is 0 Å². The standard InChI is InChI=1S/C9H10N2O3S/c1-3-4-11-8(14)6(5(2)12)7(13)10-9(11)15/h3,6H,1,4H2,2H3,(H,10,13,15)/t6-/m0/s1. The maximum absolute atomic E-state index is 11.7. The van der Waals surface area contributed by atoms with Crippen LogP contribution in [0.15, 0.2) is 12.7 Å². The average molecular weight is 226 g/mol. The van der Waals surface area contributed by atoms with E-state index < -0.39 is 23.5 Å². The van der Waals surface area contributed by atoms with Crippen molar-refractivity contribution in [2.75, 3.05) is 6.54 Å². The highest BCUT2D eigenvalue weighted by atomic mass is 32.1. The number of nitrogens with one attached hydrogen (secondary N) is 1. The lowest BCUT2D eigenvalue weighted by Gasteiger charge is -2.30. The van der Waals surface area contributed by atoms with E-state index in [0.29, 0.717) is 0 Å². The molecule has 1 heterocycles. The first kappa shape index (κ1) is 11.5. The molecular formula is C9H10N2O3S. The van der Waals surface area contributed by atoms with Crippen molar-refractivity contribution in [2.24, 2.45) is 5.92 Å². The summed E-state index contributed by atoms with van der Waals surface area (Å²) in [7, 11) is 0. The summed E-state index contributed by atoms with van der Waals surface area (Å²) < 4.78 is 0. The Labute approximate surface area is 92.1 Å². The van der Waals surface area contributed by atoms with Gasteiger partial charge < -0.3 is 5.32 Å². The van der Waals surface area contributed by atoms with Crippen LogP contribution in [0.4, 0.5) is 0 Å². The Morgan fingerprint density at radius 1 is 1.67 bits per heavy atom. The summed E-state index contributed by atoms with van der Waals surface area (Å²) in [5, 5.41) is 2.32. The van der Waals surface area contributed by atoms with Gasteiger partial charge in [0.1, 0.15) is 0 Å². The van der Waals surface area contributed by atoms with E-state index in [-0.39, 0.29) is 11.7 Å². The SMILES string of the molecule is C=CCN1C(=O)[C@@H](C(C)=O)C(=O)NC1=S. The molecular weight excluding hydrogens is 216 g/mol. The molecule has 1 atom stereocenters. The highest BCUT2D eigenvalue weighted by molar-refractivity contribution is 7.80. The van der Waals surface area contributed by atoms with E-state index in [1.165, 1.54) is 13.0 Å². The number of carbonyl (C=O) groups is 3. The van der Waals surface area contributed by atoms with Gasteiger partial charge >= 0.3 is 0 Å². The molecule has 1 rings (SSSR count). The number of nitrogens with zero attached hydrogens (tertiary/aromatic N) is 1. The first-order valence-electron chi connectivity index (χ1n) is 4.26. The number of rotatable bonds is 3. The highest BCUT2D eigenvalue weighted by Gasteiger charge is 2.40. The molecule has 0 radical (unpaired) electrons. The van der Waals surface area contributed by atoms with Crippen LogP contribution in [0.2, 0.25) is 0 Å². The minimum absolute atomic E-state index is 0.0161. The predicted molar refractivity (Wildman–Crippen MR) is 56.8 cm³/mol. The van der Waals surface area contributed by atoms with Crippen LogP contribution in [0.1, 0.15) is 6.92 Å². The van der Waals surface area contributed by atoms with E-state index in [1.54, 1.807) is 0 Å². The molecule has 1 aliphatic rings. The van der Waals surface area contributed by atoms with Crippen molar-refractivity contribution in [1.82, 2.24) is 10.2 Å². The van der Waals surface area contributed by atoms with Crippen molar-refractivity contribution in [1.29, 1.82) is 0 Å². The molecule has 0 unspecified atom stereocenters. The summed E-state index contributed by atoms with van der Waals surface area (Å²) in [5.74, 6) is -3.01. The van der Waals surface area contributed by atoms with Gasteiger partial charge in [-0.3, -0.25) is 19.3 Å². The summed E-state index contributed by atoms with van der Waals surface area (Å²) >= 11 is 4.80. The molecule has 1 aliphatic heterocycles. The monoisotopic (exact) mass is 226 g/mol. The predicted octanol–water partition coefficient (Wildman–Crippen LogP) is -0.379. The first-order valence-corrected chi connectivity index (χ1v) is 4.67. The van der Waals surface area contributed by atoms with Crippen LogP contribution < -0.4 is 5.32 Å². The maximum atomic E-state index is 11.7. The molecule has 1 N–H and O–H groups in total. The van der Waals surface area contributed by atoms with Crippen molar-refractivity contribution in [3.8, 4) is 0 Å². The summed E-state index contributed by atoms with van der Waals surface area (Å²) in [5.41, 5.74) is 0. The van der Waals surface area contributed by atoms with Crippen molar-refractivity contribution in [3.05, 3.63) is 12.7 Å². The zero-order chi connectivity index (χ0) is 11.6. The largest absolute Gasteiger partial charge is 0.302 e. The maximum Gasteiger partial charge on any atom is 0.249 e. The normalized spacial score (nSPS) is 21.3. The number of carbonyl (C=O) groups excluding carboxylic acids is 3. The number of ketones is 1. The van der Waals surface area contributed by atoms with Crippen molar-refractivity contribution < 1.29 is 14.4 Å². The molecule has 5 nitrogen and oxygen atoms in total. The number of Topliss-reactive ketones (excluding diaryl/α,β-unsaturated/α-hetero) is 1. The van der Waals surface area contributed by atoms with E-state index in [2.05, 4.69) is 11.9 Å². The van der Waals surface area contributed by atoms with Gasteiger partial charge in [0.15, 0.2) is 16.8 Å². The Balaban J connectivity index is 2.99. The van der Waals surface area contributed by atoms with Gasteiger partial charge in [0.05, 0.1) is 0 Å². The molecule has 0 saturated carbocycles. The van der Waals surface area contributed by atoms with Crippen LogP contribution >= 0.6 is 12.2 Å². The van der Waals surface area contributed by atoms with Crippen LogP contribution in [0.5, 0.6) is 0 Å². The van der Waals surface area contributed by atoms with Crippen molar-refractivity contribution >= 4 is 34.9 Å². The van der Waals surface area contributed by atoms with Gasteiger partial charge in [-0.05, 0) is 19.1 Å². The first-order chi connectivity index (χ1) is 6.99. The zero-order valence-corrected chi connectivity index (χ0v) is 8.97. The van der Waals surface area contributed by atoms with Gasteiger partial charge in [-0.2, -0.15) is 0 Å². The van der Waals surface area contributed by atoms with Gasteiger partial charge in [-0.25, -0.2) is 0 Å². The third-order valence-corrected chi connectivity index (χ3v) is 2.29. The van der Waals surface area contributed by atoms with Crippen LogP contribution in [-0.2, 0) is 14.4 Å². The molecule has 1 saturated heterocycles. The lowest BCUT2D eigenvalue weighted by molar-refractivity contribution is -0.145. The minimum atomic E-state index is -1.28. The molecule has 0 aliphatic carbocycles. The van der Waals surface area contributed by atoms with E-state index >= 15 is 0 Å². The molecule has 0 aromatic rings. The van der Waals surface area contributed by atoms with Crippen LogP contribution in [-0.4, -0.2) is 34.2 Å². The Bertz CT molecular complexity index is 364.